The Labute approximate surface area is 547 Å². The normalized spacial score (nSPS) is 13.6. The fourth-order valence-electron chi connectivity index (χ4n) is 9.67. The third-order valence-electron chi connectivity index (χ3n) is 15.1. The van der Waals surface area contributed by atoms with Crippen LogP contribution in [0.3, 0.4) is 0 Å². The molecule has 0 saturated carbocycles. The van der Waals surface area contributed by atoms with Crippen molar-refractivity contribution in [2.24, 2.45) is 0 Å². The molecule has 0 spiro atoms. The Morgan fingerprint density at radius 1 is 0.337 bits per heavy atom. The van der Waals surface area contributed by atoms with Crippen molar-refractivity contribution in [2.45, 2.75) is 296 Å². The number of ether oxygens (including phenoxy) is 4. The summed E-state index contributed by atoms with van der Waals surface area (Å²) in [4.78, 5) is 37.7. The van der Waals surface area contributed by atoms with E-state index in [0.29, 0.717) is 23.9 Å². The van der Waals surface area contributed by atoms with E-state index in [1.54, 1.807) is 0 Å². The summed E-state index contributed by atoms with van der Waals surface area (Å²) in [6, 6.07) is 0. The zero-order valence-corrected chi connectivity index (χ0v) is 57.8. The molecule has 0 rings (SSSR count). The molecular weight excluding hydrogens is 1100 g/mol. The van der Waals surface area contributed by atoms with E-state index in [2.05, 4.69) is 160 Å². The topological polar surface area (TPSA) is 108 Å². The molecule has 0 aliphatic heterocycles. The lowest BCUT2D eigenvalue weighted by Crippen LogP contribution is -2.40. The zero-order chi connectivity index (χ0) is 64.7. The zero-order valence-electron chi connectivity index (χ0n) is 57.8. The number of esters is 2. The number of allylic oxidation sites excluding steroid dienone is 24. The van der Waals surface area contributed by atoms with Gasteiger partial charge in [0, 0.05) is 12.8 Å². The molecular formula is C80H134NO8+. The summed E-state index contributed by atoms with van der Waals surface area (Å²) in [7, 11) is 5.97. The molecule has 0 saturated heterocycles. The Balaban J connectivity index is 4.13. The molecule has 0 amide bonds. The van der Waals surface area contributed by atoms with E-state index >= 15 is 0 Å². The molecule has 9 heteroatoms. The Morgan fingerprint density at radius 3 is 0.899 bits per heavy atom. The second-order valence-corrected chi connectivity index (χ2v) is 24.8. The molecule has 0 radical (unpaired) electrons. The van der Waals surface area contributed by atoms with E-state index in [0.717, 1.165) is 116 Å². The Hall–Kier alpha value is -4.83. The molecule has 89 heavy (non-hydrogen) atoms. The lowest BCUT2D eigenvalue weighted by Gasteiger charge is -2.25. The van der Waals surface area contributed by atoms with Crippen LogP contribution in [-0.4, -0.2) is 87.4 Å². The van der Waals surface area contributed by atoms with Crippen molar-refractivity contribution < 1.29 is 42.9 Å². The summed E-state index contributed by atoms with van der Waals surface area (Å²) in [5.74, 6) is -2.01. The number of carbonyl (C=O) groups excluding carboxylic acids is 2. The number of aliphatic carboxylic acids is 1. The molecule has 9 nitrogen and oxygen atoms in total. The van der Waals surface area contributed by atoms with Crippen molar-refractivity contribution in [3.63, 3.8) is 0 Å². The third kappa shape index (κ3) is 70.5. The number of quaternary nitrogens is 1. The van der Waals surface area contributed by atoms with E-state index in [1.807, 2.05) is 21.1 Å². The molecule has 0 heterocycles. The maximum atomic E-state index is 13.0. The number of nitrogens with zero attached hydrogens (tertiary/aromatic N) is 1. The Bertz CT molecular complexity index is 1970. The molecule has 2 unspecified atom stereocenters. The first-order chi connectivity index (χ1) is 43.6. The van der Waals surface area contributed by atoms with Crippen LogP contribution in [0.15, 0.2) is 146 Å². The maximum Gasteiger partial charge on any atom is 0.361 e. The highest BCUT2D eigenvalue weighted by Gasteiger charge is 2.25. The summed E-state index contributed by atoms with van der Waals surface area (Å²) in [5, 5.41) is 9.76. The summed E-state index contributed by atoms with van der Waals surface area (Å²) in [6.07, 6.45) is 98.1. The van der Waals surface area contributed by atoms with Crippen LogP contribution >= 0.6 is 0 Å². The van der Waals surface area contributed by atoms with E-state index in [1.165, 1.54) is 135 Å². The summed E-state index contributed by atoms with van der Waals surface area (Å²) >= 11 is 0. The predicted octanol–water partition coefficient (Wildman–Crippen LogP) is 22.7. The van der Waals surface area contributed by atoms with Gasteiger partial charge in [-0.05, 0) is 116 Å². The van der Waals surface area contributed by atoms with Crippen LogP contribution in [0.1, 0.15) is 284 Å². The van der Waals surface area contributed by atoms with Crippen LogP contribution in [0.2, 0.25) is 0 Å². The fourth-order valence-corrected chi connectivity index (χ4v) is 9.67. The number of hydrogen-bond donors (Lipinski definition) is 1. The average molecular weight is 1240 g/mol. The summed E-state index contributed by atoms with van der Waals surface area (Å²) < 4.78 is 23.0. The molecule has 0 aromatic carbocycles. The second kappa shape index (κ2) is 69.1. The van der Waals surface area contributed by atoms with Crippen molar-refractivity contribution in [1.82, 2.24) is 0 Å². The molecule has 0 aromatic heterocycles. The molecule has 506 valence electrons. The van der Waals surface area contributed by atoms with Gasteiger partial charge in [0.05, 0.1) is 34.4 Å². The van der Waals surface area contributed by atoms with Gasteiger partial charge in [-0.1, -0.05) is 301 Å². The van der Waals surface area contributed by atoms with Crippen LogP contribution in [0.4, 0.5) is 0 Å². The molecule has 0 aliphatic carbocycles. The molecule has 0 fully saturated rings. The Morgan fingerprint density at radius 2 is 0.607 bits per heavy atom. The van der Waals surface area contributed by atoms with Crippen LogP contribution in [0.5, 0.6) is 0 Å². The molecule has 1 N–H and O–H groups in total. The maximum absolute atomic E-state index is 13.0. The largest absolute Gasteiger partial charge is 0.477 e. The highest BCUT2D eigenvalue weighted by Crippen LogP contribution is 2.17. The number of carbonyl (C=O) groups is 3. The first-order valence-corrected chi connectivity index (χ1v) is 36.0. The van der Waals surface area contributed by atoms with Gasteiger partial charge in [-0.2, -0.15) is 0 Å². The molecule has 2 atom stereocenters. The van der Waals surface area contributed by atoms with E-state index in [-0.39, 0.29) is 32.2 Å². The minimum atomic E-state index is -1.52. The SMILES string of the molecule is CC/C=C\C/C=C\C/C=C\C/C=C\C/C=C\C/C=C\CCCCCCCCCCCCCCCCC(=O)OC(COC(=O)CCCCCCCCCCCCCC/C=C\C/C=C\C/C=C\C/C=C\C/C=C\C/C=C\CC)COC(OCC[N+](C)(C)C)C(=O)O. The van der Waals surface area contributed by atoms with Crippen molar-refractivity contribution >= 4 is 17.9 Å². The first-order valence-electron chi connectivity index (χ1n) is 36.0. The van der Waals surface area contributed by atoms with Gasteiger partial charge in [0.2, 0.25) is 0 Å². The molecule has 0 bridgehead atoms. The highest BCUT2D eigenvalue weighted by molar-refractivity contribution is 5.71. The van der Waals surface area contributed by atoms with Crippen molar-refractivity contribution in [1.29, 1.82) is 0 Å². The smallest absolute Gasteiger partial charge is 0.361 e. The van der Waals surface area contributed by atoms with Crippen LogP contribution < -0.4 is 0 Å². The number of carboxylic acids is 1. The van der Waals surface area contributed by atoms with Gasteiger partial charge in [0.15, 0.2) is 6.10 Å². The van der Waals surface area contributed by atoms with Crippen LogP contribution in [-0.2, 0) is 33.3 Å². The van der Waals surface area contributed by atoms with Gasteiger partial charge in [-0.3, -0.25) is 9.59 Å². The van der Waals surface area contributed by atoms with Gasteiger partial charge >= 0.3 is 17.9 Å². The second-order valence-electron chi connectivity index (χ2n) is 24.8. The predicted molar refractivity (Wildman–Crippen MR) is 382 cm³/mol. The van der Waals surface area contributed by atoms with Crippen molar-refractivity contribution in [2.75, 3.05) is 47.5 Å². The molecule has 0 aliphatic rings. The van der Waals surface area contributed by atoms with Crippen molar-refractivity contribution in [3.05, 3.63) is 146 Å². The van der Waals surface area contributed by atoms with Crippen molar-refractivity contribution in [3.8, 4) is 0 Å². The standard InChI is InChI=1S/C80H133NO8/c1-6-8-10-12-14-16-18-20-22-24-26-28-30-32-34-36-38-39-41-43-45-47-49-51-53-55-57-59-61-63-65-67-69-71-78(83)89-76(75-88-80(79(84)85)86-73-72-81(3,4)5)74-87-77(82)70-68-66-64-62-60-58-56-54-52-50-48-46-44-42-40-37-35-33-31-29-27-25-23-21-19-17-15-13-11-9-7-2/h8-11,14-17,20-23,26-29,32-35,38-40,42,76,80H,6-7,12-13,18-19,24-25,30-31,36-37,41,43-75H2,1-5H3/p+1/b10-8-,11-9-,16-14-,17-15-,22-20-,23-21-,28-26-,29-27-,34-32-,35-33-,39-38-,42-40-. The number of rotatable bonds is 65. The quantitative estimate of drug-likeness (QED) is 0.0211. The monoisotopic (exact) mass is 1240 g/mol. The minimum absolute atomic E-state index is 0.182. The van der Waals surface area contributed by atoms with Gasteiger partial charge in [-0.15, -0.1) is 0 Å². The average Bonchev–Trinajstić information content (AvgIpc) is 3.64. The van der Waals surface area contributed by atoms with Crippen LogP contribution in [0.25, 0.3) is 0 Å². The minimum Gasteiger partial charge on any atom is -0.477 e. The van der Waals surface area contributed by atoms with Gasteiger partial charge < -0.3 is 28.5 Å². The van der Waals surface area contributed by atoms with Gasteiger partial charge in [0.1, 0.15) is 13.2 Å². The molecule has 0 aromatic rings. The summed E-state index contributed by atoms with van der Waals surface area (Å²) in [5.41, 5.74) is 0. The number of likely N-dealkylation sites (N-methyl/N-ethyl adjacent to an activating group) is 1. The highest BCUT2D eigenvalue weighted by atomic mass is 16.7. The fraction of sp³-hybridized carbons (Fsp3) is 0.662. The number of carboxylic acid groups (broad SMARTS) is 1. The Kier molecular flexibility index (Phi) is 65.3. The lowest BCUT2D eigenvalue weighted by atomic mass is 10.0. The first kappa shape index (κ1) is 84.2. The summed E-state index contributed by atoms with van der Waals surface area (Å²) in [6.45, 7) is 4.65. The van der Waals surface area contributed by atoms with E-state index in [4.69, 9.17) is 18.9 Å². The lowest BCUT2D eigenvalue weighted by molar-refractivity contribution is -0.870. The van der Waals surface area contributed by atoms with Gasteiger partial charge in [-0.25, -0.2) is 4.79 Å². The van der Waals surface area contributed by atoms with Crippen LogP contribution in [0, 0.1) is 0 Å². The number of unbranched alkanes of at least 4 members (excludes halogenated alkanes) is 26. The number of hydrogen-bond acceptors (Lipinski definition) is 7. The van der Waals surface area contributed by atoms with E-state index in [9.17, 15) is 19.5 Å². The van der Waals surface area contributed by atoms with Gasteiger partial charge in [0.25, 0.3) is 6.29 Å². The van der Waals surface area contributed by atoms with E-state index < -0.39 is 24.3 Å². The third-order valence-corrected chi connectivity index (χ3v) is 15.1.